The van der Waals surface area contributed by atoms with Crippen molar-refractivity contribution in [1.82, 2.24) is 5.32 Å². The van der Waals surface area contributed by atoms with Crippen LogP contribution in [0.4, 0.5) is 4.39 Å². The summed E-state index contributed by atoms with van der Waals surface area (Å²) in [4.78, 5) is 24.7. The van der Waals surface area contributed by atoms with Crippen molar-refractivity contribution < 1.29 is 32.9 Å². The predicted molar refractivity (Wildman–Crippen MR) is 104 cm³/mol. The van der Waals surface area contributed by atoms with Crippen molar-refractivity contribution in [2.45, 2.75) is 19.4 Å². The minimum atomic E-state index is -1.02. The fourth-order valence-electron chi connectivity index (χ4n) is 2.66. The first-order valence-corrected chi connectivity index (χ1v) is 8.93. The molecule has 2 aromatic carbocycles. The lowest BCUT2D eigenvalue weighted by molar-refractivity contribution is -0.129. The van der Waals surface area contributed by atoms with Crippen LogP contribution >= 0.6 is 0 Å². The number of rotatable bonds is 9. The summed E-state index contributed by atoms with van der Waals surface area (Å²) in [7, 11) is 4.28. The van der Waals surface area contributed by atoms with Gasteiger partial charge in [0.15, 0.2) is 17.6 Å². The number of esters is 1. The van der Waals surface area contributed by atoms with E-state index in [1.807, 2.05) is 0 Å². The quantitative estimate of drug-likeness (QED) is 0.646. The molecule has 0 fully saturated rings. The Kier molecular flexibility index (Phi) is 7.82. The van der Waals surface area contributed by atoms with E-state index in [4.69, 9.17) is 18.9 Å². The highest BCUT2D eigenvalue weighted by atomic mass is 19.1. The monoisotopic (exact) mass is 405 g/mol. The molecule has 0 aliphatic rings. The highest BCUT2D eigenvalue weighted by Crippen LogP contribution is 2.40. The maximum atomic E-state index is 12.9. The van der Waals surface area contributed by atoms with Gasteiger partial charge in [0, 0.05) is 6.54 Å². The third kappa shape index (κ3) is 5.60. The lowest BCUT2D eigenvalue weighted by Crippen LogP contribution is -2.37. The van der Waals surface area contributed by atoms with E-state index in [0.717, 1.165) is 5.56 Å². The Balaban J connectivity index is 1.97. The lowest BCUT2D eigenvalue weighted by atomic mass is 10.1. The fourth-order valence-corrected chi connectivity index (χ4v) is 2.66. The molecular weight excluding hydrogens is 381 g/mol. The van der Waals surface area contributed by atoms with Gasteiger partial charge < -0.3 is 24.3 Å². The Hall–Kier alpha value is -3.29. The molecule has 0 aliphatic carbocycles. The van der Waals surface area contributed by atoms with E-state index in [1.165, 1.54) is 46.5 Å². The van der Waals surface area contributed by atoms with Crippen LogP contribution in [0.1, 0.15) is 22.8 Å². The van der Waals surface area contributed by atoms with Crippen LogP contribution < -0.4 is 19.5 Å². The van der Waals surface area contributed by atoms with Crippen molar-refractivity contribution in [3.05, 3.63) is 53.3 Å². The van der Waals surface area contributed by atoms with Crippen LogP contribution in [0.15, 0.2) is 36.4 Å². The van der Waals surface area contributed by atoms with Crippen LogP contribution in [0.25, 0.3) is 0 Å². The molecule has 0 saturated heterocycles. The summed E-state index contributed by atoms with van der Waals surface area (Å²) in [5.41, 5.74) is 0.988. The largest absolute Gasteiger partial charge is 0.493 e. The van der Waals surface area contributed by atoms with Gasteiger partial charge in [0.25, 0.3) is 5.91 Å². The zero-order chi connectivity index (χ0) is 21.4. The predicted octanol–water partition coefficient (Wildman–Crippen LogP) is 2.76. The van der Waals surface area contributed by atoms with E-state index in [9.17, 15) is 14.0 Å². The summed E-state index contributed by atoms with van der Waals surface area (Å²) in [5, 5.41) is 2.69. The van der Waals surface area contributed by atoms with Crippen molar-refractivity contribution >= 4 is 11.9 Å². The Morgan fingerprint density at radius 3 is 2.21 bits per heavy atom. The normalized spacial score (nSPS) is 11.3. The number of carbonyl (C=O) groups excluding carboxylic acids is 2. The van der Waals surface area contributed by atoms with E-state index in [2.05, 4.69) is 5.32 Å². The zero-order valence-corrected chi connectivity index (χ0v) is 16.8. The van der Waals surface area contributed by atoms with E-state index in [1.54, 1.807) is 18.2 Å². The Labute approximate surface area is 168 Å². The maximum absolute atomic E-state index is 12.9. The van der Waals surface area contributed by atoms with Gasteiger partial charge >= 0.3 is 5.97 Å². The van der Waals surface area contributed by atoms with E-state index in [-0.39, 0.29) is 22.9 Å². The van der Waals surface area contributed by atoms with Crippen LogP contribution in [0.5, 0.6) is 17.2 Å². The molecule has 0 bridgehead atoms. The van der Waals surface area contributed by atoms with Gasteiger partial charge in [0.05, 0.1) is 21.3 Å². The van der Waals surface area contributed by atoms with Gasteiger partial charge in [-0.3, -0.25) is 4.79 Å². The standard InChI is InChI=1S/C21H24FNO6/c1-13(20(24)23-12-11-14-5-7-15(22)8-6-14)29-21(25)16-9-10-17(26-2)19(28-4)18(16)27-3/h5-10,13H,11-12H2,1-4H3,(H,23,24)/t13-/m0/s1. The summed E-state index contributed by atoms with van der Waals surface area (Å²) in [6.45, 7) is 1.80. The highest BCUT2D eigenvalue weighted by Gasteiger charge is 2.25. The second-order valence-electron chi connectivity index (χ2n) is 6.10. The second kappa shape index (κ2) is 10.3. The van der Waals surface area contributed by atoms with Gasteiger partial charge in [-0.2, -0.15) is 0 Å². The second-order valence-corrected chi connectivity index (χ2v) is 6.10. The van der Waals surface area contributed by atoms with Gasteiger partial charge in [-0.1, -0.05) is 12.1 Å². The van der Waals surface area contributed by atoms with E-state index >= 15 is 0 Å². The average molecular weight is 405 g/mol. The first-order chi connectivity index (χ1) is 13.9. The Bertz CT molecular complexity index is 853. The van der Waals surface area contributed by atoms with Crippen LogP contribution in [-0.2, 0) is 16.0 Å². The molecule has 0 aliphatic heterocycles. The number of ether oxygens (including phenoxy) is 4. The first-order valence-electron chi connectivity index (χ1n) is 8.93. The molecule has 8 heteroatoms. The number of hydrogen-bond donors (Lipinski definition) is 1. The molecular formula is C21H24FNO6. The average Bonchev–Trinajstić information content (AvgIpc) is 2.73. The van der Waals surface area contributed by atoms with Gasteiger partial charge in [-0.25, -0.2) is 9.18 Å². The van der Waals surface area contributed by atoms with Gasteiger partial charge in [0.1, 0.15) is 11.4 Å². The molecule has 0 spiro atoms. The molecule has 1 amide bonds. The van der Waals surface area contributed by atoms with E-state index in [0.29, 0.717) is 18.7 Å². The molecule has 2 aromatic rings. The molecule has 1 N–H and O–H groups in total. The summed E-state index contributed by atoms with van der Waals surface area (Å²) in [6, 6.07) is 9.03. The summed E-state index contributed by atoms with van der Waals surface area (Å²) in [5.74, 6) is -0.693. The SMILES string of the molecule is COc1ccc(C(=O)O[C@@H](C)C(=O)NCCc2ccc(F)cc2)c(OC)c1OC. The summed E-state index contributed by atoms with van der Waals surface area (Å²) in [6.07, 6.45) is -0.496. The number of carbonyl (C=O) groups is 2. The molecule has 0 unspecified atom stereocenters. The number of benzene rings is 2. The fraction of sp³-hybridized carbons (Fsp3) is 0.333. The number of methoxy groups -OCH3 is 3. The topological polar surface area (TPSA) is 83.1 Å². The molecule has 1 atom stereocenters. The molecule has 0 aromatic heterocycles. The summed E-state index contributed by atoms with van der Waals surface area (Å²) < 4.78 is 33.8. The number of hydrogen-bond acceptors (Lipinski definition) is 6. The van der Waals surface area contributed by atoms with Crippen LogP contribution in [0.2, 0.25) is 0 Å². The van der Waals surface area contributed by atoms with Crippen molar-refractivity contribution in [3.63, 3.8) is 0 Å². The molecule has 7 nitrogen and oxygen atoms in total. The van der Waals surface area contributed by atoms with Gasteiger partial charge in [-0.05, 0) is 43.2 Å². The minimum Gasteiger partial charge on any atom is -0.493 e. The molecule has 0 radical (unpaired) electrons. The third-order valence-electron chi connectivity index (χ3n) is 4.20. The van der Waals surface area contributed by atoms with Crippen LogP contribution in [0, 0.1) is 5.82 Å². The van der Waals surface area contributed by atoms with Crippen LogP contribution in [-0.4, -0.2) is 45.9 Å². The Morgan fingerprint density at radius 1 is 0.966 bits per heavy atom. The van der Waals surface area contributed by atoms with E-state index < -0.39 is 18.0 Å². The smallest absolute Gasteiger partial charge is 0.342 e. The number of nitrogens with one attached hydrogen (secondary N) is 1. The molecule has 0 heterocycles. The Morgan fingerprint density at radius 2 is 1.62 bits per heavy atom. The van der Waals surface area contributed by atoms with Crippen molar-refractivity contribution in [3.8, 4) is 17.2 Å². The van der Waals surface area contributed by atoms with Crippen molar-refractivity contribution in [1.29, 1.82) is 0 Å². The molecule has 156 valence electrons. The highest BCUT2D eigenvalue weighted by molar-refractivity contribution is 5.96. The van der Waals surface area contributed by atoms with Gasteiger partial charge in [0.2, 0.25) is 5.75 Å². The molecule has 0 saturated carbocycles. The first kappa shape index (κ1) is 22.0. The third-order valence-corrected chi connectivity index (χ3v) is 4.20. The maximum Gasteiger partial charge on any atom is 0.342 e. The lowest BCUT2D eigenvalue weighted by Gasteiger charge is -2.17. The zero-order valence-electron chi connectivity index (χ0n) is 16.8. The van der Waals surface area contributed by atoms with Crippen molar-refractivity contribution in [2.75, 3.05) is 27.9 Å². The van der Waals surface area contributed by atoms with Gasteiger partial charge in [-0.15, -0.1) is 0 Å². The van der Waals surface area contributed by atoms with Crippen LogP contribution in [0.3, 0.4) is 0 Å². The molecule has 29 heavy (non-hydrogen) atoms. The number of amides is 1. The van der Waals surface area contributed by atoms with Crippen molar-refractivity contribution in [2.24, 2.45) is 0 Å². The number of halogens is 1. The molecule has 2 rings (SSSR count). The summed E-state index contributed by atoms with van der Waals surface area (Å²) >= 11 is 0. The minimum absolute atomic E-state index is 0.108.